The number of hydrogen-bond acceptors (Lipinski definition) is 5. The topological polar surface area (TPSA) is 83.8 Å². The number of para-hydroxylation sites is 1. The van der Waals surface area contributed by atoms with E-state index in [1.54, 1.807) is 25.3 Å². The summed E-state index contributed by atoms with van der Waals surface area (Å²) in [5.74, 6) is -0.549. The lowest BCUT2D eigenvalue weighted by Gasteiger charge is -2.02. The molecule has 0 aliphatic carbocycles. The number of ether oxygens (including phenoxy) is 1. The van der Waals surface area contributed by atoms with Crippen LogP contribution in [-0.4, -0.2) is 28.9 Å². The fourth-order valence-corrected chi connectivity index (χ4v) is 2.11. The molecule has 0 fully saturated rings. The molecule has 0 aromatic heterocycles. The molecule has 2 aromatic rings. The Hall–Kier alpha value is -3.34. The minimum Gasteiger partial charge on any atom is -0.504 e. The molecule has 0 aliphatic heterocycles. The van der Waals surface area contributed by atoms with Crippen LogP contribution in [0.5, 0.6) is 17.2 Å². The first-order valence-corrected chi connectivity index (χ1v) is 7.56. The van der Waals surface area contributed by atoms with Crippen LogP contribution >= 0.6 is 0 Å². The molecule has 2 aromatic carbocycles. The monoisotopic (exact) mass is 338 g/mol. The van der Waals surface area contributed by atoms with E-state index in [0.717, 1.165) is 5.56 Å². The Morgan fingerprint density at radius 3 is 2.32 bits per heavy atom. The summed E-state index contributed by atoms with van der Waals surface area (Å²) in [6, 6.07) is 11.4. The van der Waals surface area contributed by atoms with Gasteiger partial charge in [0.1, 0.15) is 5.75 Å². The molecular formula is C20H18O5. The summed E-state index contributed by atoms with van der Waals surface area (Å²) >= 11 is 0. The minimum absolute atomic E-state index is 0.236. The van der Waals surface area contributed by atoms with E-state index in [1.807, 2.05) is 18.2 Å². The predicted octanol–water partition coefficient (Wildman–Crippen LogP) is 3.36. The van der Waals surface area contributed by atoms with E-state index in [9.17, 15) is 19.8 Å². The molecule has 2 N–H and O–H groups in total. The van der Waals surface area contributed by atoms with Gasteiger partial charge in [-0.2, -0.15) is 0 Å². The molecule has 128 valence electrons. The van der Waals surface area contributed by atoms with E-state index >= 15 is 0 Å². The molecule has 5 heteroatoms. The first-order valence-electron chi connectivity index (χ1n) is 7.56. The number of allylic oxidation sites excluding steroid dienone is 2. The summed E-state index contributed by atoms with van der Waals surface area (Å²) in [4.78, 5) is 23.7. The molecule has 0 amide bonds. The number of ketones is 2. The summed E-state index contributed by atoms with van der Waals surface area (Å²) in [6.07, 6.45) is 5.43. The normalized spacial score (nSPS) is 11.1. The second kappa shape index (κ2) is 8.49. The first kappa shape index (κ1) is 18.0. The van der Waals surface area contributed by atoms with Gasteiger partial charge in [0.25, 0.3) is 0 Å². The Morgan fingerprint density at radius 1 is 0.960 bits per heavy atom. The Morgan fingerprint density at radius 2 is 1.64 bits per heavy atom. The maximum atomic E-state index is 11.9. The SMILES string of the molecule is COc1ccccc1/C=C/C(=O)CC(=O)/C=C/c1ccc(O)c(O)c1. The van der Waals surface area contributed by atoms with E-state index in [0.29, 0.717) is 11.3 Å². The van der Waals surface area contributed by atoms with E-state index in [1.165, 1.54) is 30.4 Å². The van der Waals surface area contributed by atoms with Crippen LogP contribution in [0.3, 0.4) is 0 Å². The Labute approximate surface area is 145 Å². The summed E-state index contributed by atoms with van der Waals surface area (Å²) in [5.41, 5.74) is 1.29. The molecule has 0 heterocycles. The van der Waals surface area contributed by atoms with Crippen molar-refractivity contribution in [2.45, 2.75) is 6.42 Å². The van der Waals surface area contributed by atoms with Crippen LogP contribution in [0.1, 0.15) is 17.5 Å². The van der Waals surface area contributed by atoms with Crippen LogP contribution in [0.25, 0.3) is 12.2 Å². The highest BCUT2D eigenvalue weighted by Gasteiger charge is 2.05. The van der Waals surface area contributed by atoms with Gasteiger partial charge in [0.05, 0.1) is 13.5 Å². The van der Waals surface area contributed by atoms with E-state index < -0.39 is 0 Å². The summed E-state index contributed by atoms with van der Waals surface area (Å²) < 4.78 is 5.19. The number of phenols is 2. The quantitative estimate of drug-likeness (QED) is 0.459. The van der Waals surface area contributed by atoms with Gasteiger partial charge in [0, 0.05) is 5.56 Å². The van der Waals surface area contributed by atoms with Crippen molar-refractivity contribution in [3.63, 3.8) is 0 Å². The number of carbonyl (C=O) groups excluding carboxylic acids is 2. The van der Waals surface area contributed by atoms with Crippen molar-refractivity contribution in [2.24, 2.45) is 0 Å². The number of aromatic hydroxyl groups is 2. The Balaban J connectivity index is 1.95. The molecule has 0 bridgehead atoms. The highest BCUT2D eigenvalue weighted by Crippen LogP contribution is 2.25. The standard InChI is InChI=1S/C20H18O5/c1-25-20-5-3-2-4-15(20)8-10-17(22)13-16(21)9-6-14-7-11-18(23)19(24)12-14/h2-12,23-24H,13H2,1H3/b9-6+,10-8+. The van der Waals surface area contributed by atoms with Gasteiger partial charge in [-0.05, 0) is 42.0 Å². The van der Waals surface area contributed by atoms with Crippen molar-refractivity contribution in [2.75, 3.05) is 7.11 Å². The number of carbonyl (C=O) groups is 2. The predicted molar refractivity (Wildman–Crippen MR) is 95.5 cm³/mol. The minimum atomic E-state index is -0.359. The molecule has 0 spiro atoms. The largest absolute Gasteiger partial charge is 0.504 e. The Bertz CT molecular complexity index is 834. The van der Waals surface area contributed by atoms with Crippen molar-refractivity contribution in [1.82, 2.24) is 0 Å². The molecule has 0 radical (unpaired) electrons. The van der Waals surface area contributed by atoms with Crippen LogP contribution in [0.15, 0.2) is 54.6 Å². The van der Waals surface area contributed by atoms with E-state index in [4.69, 9.17) is 4.74 Å². The van der Waals surface area contributed by atoms with Gasteiger partial charge in [0.15, 0.2) is 23.1 Å². The number of rotatable bonds is 7. The zero-order valence-corrected chi connectivity index (χ0v) is 13.7. The maximum absolute atomic E-state index is 11.9. The molecular weight excluding hydrogens is 320 g/mol. The lowest BCUT2D eigenvalue weighted by Crippen LogP contribution is -2.02. The number of benzene rings is 2. The molecule has 25 heavy (non-hydrogen) atoms. The third-order valence-corrected chi connectivity index (χ3v) is 3.40. The van der Waals surface area contributed by atoms with Crippen LogP contribution in [0.2, 0.25) is 0 Å². The van der Waals surface area contributed by atoms with Crippen LogP contribution in [0, 0.1) is 0 Å². The van der Waals surface area contributed by atoms with Gasteiger partial charge in [0.2, 0.25) is 0 Å². The zero-order chi connectivity index (χ0) is 18.2. The number of methoxy groups -OCH3 is 1. The first-order chi connectivity index (χ1) is 12.0. The van der Waals surface area contributed by atoms with E-state index in [-0.39, 0.29) is 29.5 Å². The van der Waals surface area contributed by atoms with Crippen LogP contribution in [0.4, 0.5) is 0 Å². The van der Waals surface area contributed by atoms with Gasteiger partial charge in [-0.15, -0.1) is 0 Å². The molecule has 2 rings (SSSR count). The third kappa shape index (κ3) is 5.35. The van der Waals surface area contributed by atoms with Gasteiger partial charge >= 0.3 is 0 Å². The zero-order valence-electron chi connectivity index (χ0n) is 13.7. The lowest BCUT2D eigenvalue weighted by molar-refractivity contribution is -0.121. The smallest absolute Gasteiger partial charge is 0.163 e. The average Bonchev–Trinajstić information content (AvgIpc) is 2.61. The highest BCUT2D eigenvalue weighted by molar-refractivity contribution is 6.10. The maximum Gasteiger partial charge on any atom is 0.163 e. The van der Waals surface area contributed by atoms with Crippen LogP contribution < -0.4 is 4.74 Å². The molecule has 0 saturated carbocycles. The molecule has 0 unspecified atom stereocenters. The molecule has 5 nitrogen and oxygen atoms in total. The van der Waals surface area contributed by atoms with Crippen molar-refractivity contribution in [3.8, 4) is 17.2 Å². The number of hydrogen-bond donors (Lipinski definition) is 2. The van der Waals surface area contributed by atoms with Crippen LogP contribution in [-0.2, 0) is 9.59 Å². The summed E-state index contributed by atoms with van der Waals surface area (Å²) in [7, 11) is 1.55. The van der Waals surface area contributed by atoms with Gasteiger partial charge < -0.3 is 14.9 Å². The van der Waals surface area contributed by atoms with Gasteiger partial charge in [-0.1, -0.05) is 30.3 Å². The third-order valence-electron chi connectivity index (χ3n) is 3.40. The highest BCUT2D eigenvalue weighted by atomic mass is 16.5. The molecule has 0 saturated heterocycles. The van der Waals surface area contributed by atoms with Crippen molar-refractivity contribution >= 4 is 23.7 Å². The fourth-order valence-electron chi connectivity index (χ4n) is 2.11. The van der Waals surface area contributed by atoms with Crippen molar-refractivity contribution < 1.29 is 24.5 Å². The second-order valence-corrected chi connectivity index (χ2v) is 5.27. The molecule has 0 aliphatic rings. The van der Waals surface area contributed by atoms with Crippen molar-refractivity contribution in [3.05, 3.63) is 65.7 Å². The number of phenolic OH excluding ortho intramolecular Hbond substituents is 2. The average molecular weight is 338 g/mol. The lowest BCUT2D eigenvalue weighted by atomic mass is 10.1. The summed E-state index contributed by atoms with van der Waals surface area (Å²) in [5, 5.41) is 18.6. The second-order valence-electron chi connectivity index (χ2n) is 5.27. The Kier molecular flexibility index (Phi) is 6.12. The van der Waals surface area contributed by atoms with Crippen molar-refractivity contribution in [1.29, 1.82) is 0 Å². The fraction of sp³-hybridized carbons (Fsp3) is 0.100. The molecule has 0 atom stereocenters. The van der Waals surface area contributed by atoms with E-state index in [2.05, 4.69) is 0 Å². The van der Waals surface area contributed by atoms with Gasteiger partial charge in [-0.3, -0.25) is 9.59 Å². The summed E-state index contributed by atoms with van der Waals surface area (Å²) in [6.45, 7) is 0. The van der Waals surface area contributed by atoms with Gasteiger partial charge in [-0.25, -0.2) is 0 Å².